The van der Waals surface area contributed by atoms with E-state index in [0.29, 0.717) is 0 Å². The Labute approximate surface area is 103 Å². The fraction of sp³-hybridized carbons (Fsp3) is 0.583. The lowest BCUT2D eigenvalue weighted by molar-refractivity contribution is 0.00159. The standard InChI is InChI=1S/C12H18BN2O2/c1-13-12-4-2-3-10(14-12)11(9-16)15-5-7-17-8-6-15/h2-4,11,16H,5-9H2,1H3. The molecule has 0 aromatic carbocycles. The van der Waals surface area contributed by atoms with E-state index in [2.05, 4.69) is 9.88 Å². The van der Waals surface area contributed by atoms with Gasteiger partial charge < -0.3 is 9.84 Å². The first-order valence-electron chi connectivity index (χ1n) is 6.04. The number of morpholine rings is 1. The van der Waals surface area contributed by atoms with Crippen molar-refractivity contribution in [3.63, 3.8) is 0 Å². The normalized spacial score (nSPS) is 18.9. The Hall–Kier alpha value is -0.905. The average Bonchev–Trinajstić information content (AvgIpc) is 2.41. The summed E-state index contributed by atoms with van der Waals surface area (Å²) in [5, 5.41) is 9.56. The van der Waals surface area contributed by atoms with E-state index >= 15 is 0 Å². The van der Waals surface area contributed by atoms with Crippen molar-refractivity contribution in [2.24, 2.45) is 0 Å². The van der Waals surface area contributed by atoms with Crippen LogP contribution in [-0.4, -0.2) is 55.2 Å². The number of ether oxygens (including phenoxy) is 1. The highest BCUT2D eigenvalue weighted by Crippen LogP contribution is 2.18. The zero-order valence-corrected chi connectivity index (χ0v) is 10.2. The minimum atomic E-state index is -0.0150. The maximum Gasteiger partial charge on any atom is 0.174 e. The van der Waals surface area contributed by atoms with Crippen molar-refractivity contribution >= 4 is 12.9 Å². The zero-order chi connectivity index (χ0) is 12.1. The maximum atomic E-state index is 9.56. The minimum Gasteiger partial charge on any atom is -0.394 e. The number of nitrogens with zero attached hydrogens (tertiary/aromatic N) is 2. The molecule has 0 saturated carbocycles. The van der Waals surface area contributed by atoms with Crippen LogP contribution in [0.2, 0.25) is 6.82 Å². The lowest BCUT2D eigenvalue weighted by Crippen LogP contribution is -2.41. The van der Waals surface area contributed by atoms with Gasteiger partial charge in [-0.25, -0.2) is 0 Å². The van der Waals surface area contributed by atoms with Crippen molar-refractivity contribution in [1.29, 1.82) is 0 Å². The van der Waals surface area contributed by atoms with E-state index in [1.807, 2.05) is 32.3 Å². The largest absolute Gasteiger partial charge is 0.394 e. The van der Waals surface area contributed by atoms with Crippen LogP contribution in [-0.2, 0) is 4.74 Å². The van der Waals surface area contributed by atoms with Crippen molar-refractivity contribution in [3.05, 3.63) is 23.9 Å². The molecule has 0 amide bonds. The highest BCUT2D eigenvalue weighted by Gasteiger charge is 2.22. The molecule has 0 spiro atoms. The highest BCUT2D eigenvalue weighted by atomic mass is 16.5. The molecule has 91 valence electrons. The monoisotopic (exact) mass is 233 g/mol. The van der Waals surface area contributed by atoms with Crippen LogP contribution in [0.25, 0.3) is 0 Å². The van der Waals surface area contributed by atoms with Gasteiger partial charge in [-0.1, -0.05) is 19.0 Å². The molecule has 2 rings (SSSR count). The number of hydrogen-bond acceptors (Lipinski definition) is 4. The SMILES string of the molecule is C[B]c1cccc(C(CO)N2CCOCC2)n1. The van der Waals surface area contributed by atoms with Crippen molar-refractivity contribution in [1.82, 2.24) is 9.88 Å². The molecule has 0 bridgehead atoms. The third kappa shape index (κ3) is 3.06. The molecule has 1 atom stereocenters. The number of aliphatic hydroxyl groups is 1. The predicted octanol–water partition coefficient (Wildman–Crippen LogP) is -0.175. The first-order valence-corrected chi connectivity index (χ1v) is 6.04. The summed E-state index contributed by atoms with van der Waals surface area (Å²) in [6.07, 6.45) is 0. The fourth-order valence-electron chi connectivity index (χ4n) is 2.10. The summed E-state index contributed by atoms with van der Waals surface area (Å²) < 4.78 is 5.33. The van der Waals surface area contributed by atoms with Gasteiger partial charge in [-0.15, -0.1) is 0 Å². The van der Waals surface area contributed by atoms with E-state index in [4.69, 9.17) is 4.74 Å². The molecule has 1 aromatic rings. The molecule has 5 heteroatoms. The molecule has 1 N–H and O–H groups in total. The summed E-state index contributed by atoms with van der Waals surface area (Å²) in [6, 6.07) is 5.92. The Bertz CT molecular complexity index is 356. The first kappa shape index (κ1) is 12.5. The maximum absolute atomic E-state index is 9.56. The van der Waals surface area contributed by atoms with Crippen LogP contribution in [0.5, 0.6) is 0 Å². The van der Waals surface area contributed by atoms with Crippen LogP contribution in [0.15, 0.2) is 18.2 Å². The van der Waals surface area contributed by atoms with Crippen LogP contribution in [0.4, 0.5) is 0 Å². The van der Waals surface area contributed by atoms with Crippen molar-refractivity contribution in [2.45, 2.75) is 12.9 Å². The Morgan fingerprint density at radius 3 is 2.88 bits per heavy atom. The number of aliphatic hydroxyl groups excluding tert-OH is 1. The zero-order valence-electron chi connectivity index (χ0n) is 10.2. The van der Waals surface area contributed by atoms with Crippen LogP contribution in [0.3, 0.4) is 0 Å². The summed E-state index contributed by atoms with van der Waals surface area (Å²) in [5.41, 5.74) is 1.89. The molecule has 1 fully saturated rings. The highest BCUT2D eigenvalue weighted by molar-refractivity contribution is 6.50. The predicted molar refractivity (Wildman–Crippen MR) is 67.7 cm³/mol. The van der Waals surface area contributed by atoms with Gasteiger partial charge in [0.1, 0.15) is 0 Å². The molecule has 1 radical (unpaired) electrons. The Morgan fingerprint density at radius 1 is 1.47 bits per heavy atom. The van der Waals surface area contributed by atoms with Gasteiger partial charge in [0.25, 0.3) is 0 Å². The van der Waals surface area contributed by atoms with Crippen molar-refractivity contribution in [3.8, 4) is 0 Å². The van der Waals surface area contributed by atoms with Gasteiger partial charge in [0, 0.05) is 13.1 Å². The van der Waals surface area contributed by atoms with Gasteiger partial charge in [0.2, 0.25) is 0 Å². The molecule has 2 heterocycles. The van der Waals surface area contributed by atoms with Gasteiger partial charge in [-0.05, 0) is 11.7 Å². The summed E-state index contributed by atoms with van der Waals surface area (Å²) in [7, 11) is 1.97. The summed E-state index contributed by atoms with van der Waals surface area (Å²) in [6.45, 7) is 5.24. The quantitative estimate of drug-likeness (QED) is 0.733. The van der Waals surface area contributed by atoms with E-state index in [9.17, 15) is 5.11 Å². The van der Waals surface area contributed by atoms with E-state index in [1.54, 1.807) is 0 Å². The smallest absolute Gasteiger partial charge is 0.174 e. The number of aromatic nitrogens is 1. The molecular weight excluding hydrogens is 215 g/mol. The molecule has 1 aliphatic heterocycles. The molecular formula is C12H18BN2O2. The number of hydrogen-bond donors (Lipinski definition) is 1. The molecule has 1 aromatic heterocycles. The van der Waals surface area contributed by atoms with Crippen LogP contribution < -0.4 is 5.59 Å². The van der Waals surface area contributed by atoms with E-state index in [0.717, 1.165) is 37.6 Å². The topological polar surface area (TPSA) is 45.6 Å². The minimum absolute atomic E-state index is 0.0150. The molecule has 1 saturated heterocycles. The third-order valence-corrected chi connectivity index (χ3v) is 3.09. The van der Waals surface area contributed by atoms with Crippen molar-refractivity contribution in [2.75, 3.05) is 32.9 Å². The van der Waals surface area contributed by atoms with Gasteiger partial charge in [-0.3, -0.25) is 9.88 Å². The van der Waals surface area contributed by atoms with Crippen LogP contribution in [0, 0.1) is 0 Å². The molecule has 17 heavy (non-hydrogen) atoms. The second kappa shape index (κ2) is 6.14. The number of pyridine rings is 1. The van der Waals surface area contributed by atoms with Gasteiger partial charge in [0.05, 0.1) is 31.6 Å². The summed E-state index contributed by atoms with van der Waals surface area (Å²) in [4.78, 5) is 6.77. The Balaban J connectivity index is 2.15. The first-order chi connectivity index (χ1) is 8.35. The Kier molecular flexibility index (Phi) is 4.53. The van der Waals surface area contributed by atoms with Crippen molar-refractivity contribution < 1.29 is 9.84 Å². The second-order valence-corrected chi connectivity index (χ2v) is 4.12. The lowest BCUT2D eigenvalue weighted by Gasteiger charge is -2.33. The second-order valence-electron chi connectivity index (χ2n) is 4.12. The van der Waals surface area contributed by atoms with Crippen LogP contribution >= 0.6 is 0 Å². The summed E-state index contributed by atoms with van der Waals surface area (Å²) in [5.74, 6) is 0. The molecule has 1 unspecified atom stereocenters. The van der Waals surface area contributed by atoms with Crippen LogP contribution in [0.1, 0.15) is 11.7 Å². The van der Waals surface area contributed by atoms with E-state index < -0.39 is 0 Å². The fourth-order valence-corrected chi connectivity index (χ4v) is 2.10. The van der Waals surface area contributed by atoms with E-state index in [1.165, 1.54) is 0 Å². The average molecular weight is 233 g/mol. The molecule has 1 aliphatic rings. The third-order valence-electron chi connectivity index (χ3n) is 3.09. The molecule has 4 nitrogen and oxygen atoms in total. The lowest BCUT2D eigenvalue weighted by atomic mass is 9.77. The van der Waals surface area contributed by atoms with Gasteiger partial charge in [0.15, 0.2) is 7.28 Å². The Morgan fingerprint density at radius 2 is 2.24 bits per heavy atom. The van der Waals surface area contributed by atoms with Gasteiger partial charge in [-0.2, -0.15) is 0 Å². The number of rotatable bonds is 4. The molecule has 0 aliphatic carbocycles. The summed E-state index contributed by atoms with van der Waals surface area (Å²) >= 11 is 0. The van der Waals surface area contributed by atoms with Gasteiger partial charge >= 0.3 is 0 Å². The van der Waals surface area contributed by atoms with E-state index in [-0.39, 0.29) is 12.6 Å².